The maximum atomic E-state index is 14.6. The van der Waals surface area contributed by atoms with Gasteiger partial charge in [-0.2, -0.15) is 17.6 Å². The Morgan fingerprint density at radius 2 is 0.827 bits per heavy atom. The molecule has 4 aromatic rings. The van der Waals surface area contributed by atoms with E-state index in [0.717, 1.165) is 6.92 Å². The van der Waals surface area contributed by atoms with Crippen LogP contribution in [0.2, 0.25) is 0 Å². The third-order valence-corrected chi connectivity index (χ3v) is 7.78. The van der Waals surface area contributed by atoms with Crippen LogP contribution in [0.5, 0.6) is 23.0 Å². The molecule has 0 aliphatic carbocycles. The highest BCUT2D eigenvalue weighted by Crippen LogP contribution is 2.39. The van der Waals surface area contributed by atoms with Gasteiger partial charge in [0.1, 0.15) is 69.0 Å². The predicted molar refractivity (Wildman–Crippen MR) is 162 cm³/mol. The molecular weight excluding hydrogens is 724 g/mol. The summed E-state index contributed by atoms with van der Waals surface area (Å²) in [5, 5.41) is 0. The van der Waals surface area contributed by atoms with Crippen LogP contribution in [0, 0.1) is 58.9 Å². The molecule has 0 amide bonds. The monoisotopic (exact) mass is 754 g/mol. The van der Waals surface area contributed by atoms with E-state index in [1.807, 2.05) is 13.8 Å². The second-order valence-electron chi connectivity index (χ2n) is 12.4. The van der Waals surface area contributed by atoms with E-state index < -0.39 is 98.4 Å². The van der Waals surface area contributed by atoms with E-state index in [1.54, 1.807) is 0 Å². The SMILES string of the molecule is Cc1c(F)cc(OC(F)(F)c2c(F)cc(OCCCC(C)(C)CCCOc3cc(F)c(C(F)(F)Oc4ccc(F)c(F)c4)c(F)c3)cc2F)cc1F. The average molecular weight is 755 g/mol. The minimum atomic E-state index is -4.64. The van der Waals surface area contributed by atoms with Crippen molar-refractivity contribution >= 4 is 0 Å². The molecule has 4 rings (SSSR count). The second kappa shape index (κ2) is 15.9. The molecule has 4 nitrogen and oxygen atoms in total. The second-order valence-corrected chi connectivity index (χ2v) is 12.4. The first-order chi connectivity index (χ1) is 24.2. The van der Waals surface area contributed by atoms with Gasteiger partial charge >= 0.3 is 12.2 Å². The topological polar surface area (TPSA) is 36.9 Å². The lowest BCUT2D eigenvalue weighted by molar-refractivity contribution is -0.190. The third kappa shape index (κ3) is 9.97. The van der Waals surface area contributed by atoms with Gasteiger partial charge in [0.15, 0.2) is 11.6 Å². The quantitative estimate of drug-likeness (QED) is 0.0843. The van der Waals surface area contributed by atoms with Gasteiger partial charge in [0, 0.05) is 48.0 Å². The Balaban J connectivity index is 1.24. The largest absolute Gasteiger partial charge is 0.493 e. The van der Waals surface area contributed by atoms with Gasteiger partial charge in [0.05, 0.1) is 13.2 Å². The van der Waals surface area contributed by atoms with Crippen molar-refractivity contribution in [2.45, 2.75) is 58.7 Å². The van der Waals surface area contributed by atoms with Gasteiger partial charge < -0.3 is 18.9 Å². The predicted octanol–water partition coefficient (Wildman–Crippen LogP) is 11.4. The molecule has 282 valence electrons. The van der Waals surface area contributed by atoms with Crippen molar-refractivity contribution in [3.8, 4) is 23.0 Å². The fraction of sp³-hybridized carbons (Fsp3) is 0.333. The molecule has 0 saturated heterocycles. The van der Waals surface area contributed by atoms with Gasteiger partial charge in [-0.15, -0.1) is 0 Å². The van der Waals surface area contributed by atoms with E-state index >= 15 is 0 Å². The van der Waals surface area contributed by atoms with Crippen LogP contribution in [0.4, 0.5) is 52.7 Å². The van der Waals surface area contributed by atoms with Crippen molar-refractivity contribution in [1.82, 2.24) is 0 Å². The molecule has 0 aliphatic heterocycles. The lowest BCUT2D eigenvalue weighted by Gasteiger charge is -2.25. The van der Waals surface area contributed by atoms with E-state index in [1.165, 1.54) is 0 Å². The molecule has 52 heavy (non-hydrogen) atoms. The highest BCUT2D eigenvalue weighted by molar-refractivity contribution is 5.36. The number of benzene rings is 4. The molecule has 0 radical (unpaired) electrons. The van der Waals surface area contributed by atoms with Crippen LogP contribution in [-0.4, -0.2) is 13.2 Å². The Hall–Kier alpha value is -4.76. The molecular formula is C36H30F12O4. The fourth-order valence-electron chi connectivity index (χ4n) is 5.05. The van der Waals surface area contributed by atoms with Crippen molar-refractivity contribution in [2.24, 2.45) is 5.41 Å². The van der Waals surface area contributed by atoms with Crippen LogP contribution in [0.3, 0.4) is 0 Å². The Bertz CT molecular complexity index is 1830. The van der Waals surface area contributed by atoms with Gasteiger partial charge in [-0.05, 0) is 50.2 Å². The minimum absolute atomic E-state index is 0.0764. The normalized spacial score (nSPS) is 12.2. The van der Waals surface area contributed by atoms with Crippen LogP contribution < -0.4 is 18.9 Å². The summed E-state index contributed by atoms with van der Waals surface area (Å²) in [6.45, 7) is 4.62. The highest BCUT2D eigenvalue weighted by Gasteiger charge is 2.43. The van der Waals surface area contributed by atoms with Crippen molar-refractivity contribution in [1.29, 1.82) is 0 Å². The number of ether oxygens (including phenoxy) is 4. The zero-order valence-corrected chi connectivity index (χ0v) is 27.6. The van der Waals surface area contributed by atoms with Crippen molar-refractivity contribution in [3.63, 3.8) is 0 Å². The zero-order valence-electron chi connectivity index (χ0n) is 27.6. The molecule has 0 saturated carbocycles. The van der Waals surface area contributed by atoms with E-state index in [-0.39, 0.29) is 18.6 Å². The summed E-state index contributed by atoms with van der Waals surface area (Å²) < 4.78 is 190. The Morgan fingerprint density at radius 3 is 1.23 bits per heavy atom. The highest BCUT2D eigenvalue weighted by atomic mass is 19.3. The molecule has 0 aromatic heterocycles. The number of halogens is 12. The molecule has 0 spiro atoms. The third-order valence-electron chi connectivity index (χ3n) is 7.78. The van der Waals surface area contributed by atoms with Crippen LogP contribution >= 0.6 is 0 Å². The molecule has 4 aromatic carbocycles. The Kier molecular flexibility index (Phi) is 12.2. The molecule has 0 heterocycles. The molecule has 0 unspecified atom stereocenters. The first kappa shape index (κ1) is 40.0. The van der Waals surface area contributed by atoms with Crippen LogP contribution in [0.1, 0.15) is 56.2 Å². The van der Waals surface area contributed by atoms with Gasteiger partial charge in [0.25, 0.3) is 0 Å². The van der Waals surface area contributed by atoms with E-state index in [0.29, 0.717) is 80.3 Å². The number of alkyl halides is 4. The summed E-state index contributed by atoms with van der Waals surface area (Å²) in [6.07, 6.45) is -7.59. The summed E-state index contributed by atoms with van der Waals surface area (Å²) in [4.78, 5) is 0. The summed E-state index contributed by atoms with van der Waals surface area (Å²) >= 11 is 0. The maximum absolute atomic E-state index is 14.6. The Morgan fingerprint density at radius 1 is 0.462 bits per heavy atom. The summed E-state index contributed by atoms with van der Waals surface area (Å²) in [5.41, 5.74) is -4.41. The molecule has 16 heteroatoms. The summed E-state index contributed by atoms with van der Waals surface area (Å²) in [7, 11) is 0. The first-order valence-electron chi connectivity index (χ1n) is 15.5. The van der Waals surface area contributed by atoms with Gasteiger partial charge in [-0.25, -0.2) is 35.1 Å². The van der Waals surface area contributed by atoms with E-state index in [2.05, 4.69) is 9.47 Å². The Labute approximate surface area is 289 Å². The number of hydrogen-bond donors (Lipinski definition) is 0. The lowest BCUT2D eigenvalue weighted by atomic mass is 9.83. The summed E-state index contributed by atoms with van der Waals surface area (Å²) in [5.74, 6) is -14.8. The summed E-state index contributed by atoms with van der Waals surface area (Å²) in [6, 6.07) is 4.39. The van der Waals surface area contributed by atoms with Crippen molar-refractivity contribution in [3.05, 3.63) is 118 Å². The van der Waals surface area contributed by atoms with Crippen LogP contribution in [0.15, 0.2) is 54.6 Å². The van der Waals surface area contributed by atoms with Crippen molar-refractivity contribution < 1.29 is 71.6 Å². The van der Waals surface area contributed by atoms with Crippen molar-refractivity contribution in [2.75, 3.05) is 13.2 Å². The standard InChI is InChI=1S/C36H30F12O4/c1-19-25(38)17-23(18-26(19)39)52-36(47,48)33-30(43)15-22(16-31(33)44)50-11-5-9-34(2,3)8-4-10-49-21-13-28(41)32(29(42)14-21)35(45,46)51-20-6-7-24(37)27(40)12-20/h6-7,12-18H,4-5,8-11H2,1-3H3. The fourth-order valence-corrected chi connectivity index (χ4v) is 5.05. The molecule has 0 fully saturated rings. The minimum Gasteiger partial charge on any atom is -0.493 e. The lowest BCUT2D eigenvalue weighted by Crippen LogP contribution is -2.25. The van der Waals surface area contributed by atoms with Crippen LogP contribution in [0.25, 0.3) is 0 Å². The molecule has 0 bridgehead atoms. The molecule has 0 N–H and O–H groups in total. The first-order valence-corrected chi connectivity index (χ1v) is 15.5. The van der Waals surface area contributed by atoms with Crippen LogP contribution in [-0.2, 0) is 12.2 Å². The molecule has 0 aliphatic rings. The van der Waals surface area contributed by atoms with E-state index in [9.17, 15) is 52.7 Å². The number of hydrogen-bond acceptors (Lipinski definition) is 4. The molecule has 0 atom stereocenters. The van der Waals surface area contributed by atoms with Gasteiger partial charge in [-0.1, -0.05) is 13.8 Å². The number of rotatable bonds is 16. The van der Waals surface area contributed by atoms with E-state index in [4.69, 9.17) is 9.47 Å². The average Bonchev–Trinajstić information content (AvgIpc) is 3.01. The van der Waals surface area contributed by atoms with Gasteiger partial charge in [0.2, 0.25) is 0 Å². The van der Waals surface area contributed by atoms with Gasteiger partial charge in [-0.3, -0.25) is 0 Å². The smallest absolute Gasteiger partial charge is 0.432 e. The maximum Gasteiger partial charge on any atom is 0.432 e. The zero-order chi connectivity index (χ0) is 38.6.